The fourth-order valence-electron chi connectivity index (χ4n) is 1.79. The molecule has 0 saturated carbocycles. The number of halogens is 1. The zero-order valence-corrected chi connectivity index (χ0v) is 15.7. The number of hydrogen-bond acceptors (Lipinski definition) is 4. The van der Waals surface area contributed by atoms with Crippen LogP contribution >= 0.6 is 11.6 Å². The second-order valence-electron chi connectivity index (χ2n) is 5.42. The average molecular weight is 376 g/mol. The molecule has 0 heterocycles. The van der Waals surface area contributed by atoms with Crippen molar-refractivity contribution in [3.63, 3.8) is 0 Å². The minimum atomic E-state index is -3.78. The summed E-state index contributed by atoms with van der Waals surface area (Å²) in [5.74, 6) is -0.860. The van der Waals surface area contributed by atoms with E-state index in [0.29, 0.717) is 6.54 Å². The quantitative estimate of drug-likeness (QED) is 0.749. The Balaban J connectivity index is 2.99. The first kappa shape index (κ1) is 20.4. The molecule has 7 nitrogen and oxygen atoms in total. The third kappa shape index (κ3) is 4.93. The van der Waals surface area contributed by atoms with E-state index in [2.05, 4.69) is 10.6 Å². The minimum absolute atomic E-state index is 0.0222. The first-order valence-electron chi connectivity index (χ1n) is 7.42. The maximum Gasteiger partial charge on any atom is 0.251 e. The molecule has 0 unspecified atom stereocenters. The smallest absolute Gasteiger partial charge is 0.251 e. The molecular formula is C15H22ClN3O4S. The molecule has 1 rings (SSSR count). The number of hydrogen-bond donors (Lipinski definition) is 2. The van der Waals surface area contributed by atoms with Gasteiger partial charge in [-0.3, -0.25) is 9.59 Å². The summed E-state index contributed by atoms with van der Waals surface area (Å²) in [6, 6.07) is 3.20. The molecule has 0 bridgehead atoms. The van der Waals surface area contributed by atoms with Crippen LogP contribution in [-0.2, 0) is 14.8 Å². The molecule has 0 aliphatic rings. The number of sulfonamides is 1. The van der Waals surface area contributed by atoms with Crippen molar-refractivity contribution in [1.82, 2.24) is 14.9 Å². The first-order chi connectivity index (χ1) is 11.1. The Morgan fingerprint density at radius 3 is 2.46 bits per heavy atom. The molecule has 0 spiro atoms. The Hall–Kier alpha value is -1.64. The Morgan fingerprint density at radius 2 is 1.92 bits per heavy atom. The van der Waals surface area contributed by atoms with Crippen LogP contribution in [0.2, 0.25) is 5.02 Å². The fourth-order valence-corrected chi connectivity index (χ4v) is 3.18. The molecule has 1 atom stereocenters. The van der Waals surface area contributed by atoms with Crippen LogP contribution in [0.1, 0.15) is 30.6 Å². The van der Waals surface area contributed by atoms with Crippen molar-refractivity contribution in [3.8, 4) is 0 Å². The molecule has 2 amide bonds. The lowest BCUT2D eigenvalue weighted by Gasteiger charge is -2.16. The molecule has 2 N–H and O–H groups in total. The van der Waals surface area contributed by atoms with Crippen LogP contribution in [0, 0.1) is 0 Å². The van der Waals surface area contributed by atoms with Gasteiger partial charge in [0.2, 0.25) is 15.9 Å². The molecule has 134 valence electrons. The van der Waals surface area contributed by atoms with Gasteiger partial charge in [0.15, 0.2) is 0 Å². The maximum absolute atomic E-state index is 12.3. The fraction of sp³-hybridized carbons (Fsp3) is 0.467. The van der Waals surface area contributed by atoms with E-state index < -0.39 is 22.0 Å². The molecule has 1 aromatic rings. The van der Waals surface area contributed by atoms with Crippen LogP contribution in [0.25, 0.3) is 0 Å². The number of benzene rings is 1. The Bertz CT molecular complexity index is 719. The SMILES string of the molecule is CCCNC(=O)[C@H](C)NC(=O)c1ccc(Cl)c(S(=O)(=O)N(C)C)c1. The number of nitrogens with zero attached hydrogens (tertiary/aromatic N) is 1. The minimum Gasteiger partial charge on any atom is -0.354 e. The van der Waals surface area contributed by atoms with E-state index in [0.717, 1.165) is 10.7 Å². The largest absolute Gasteiger partial charge is 0.354 e. The van der Waals surface area contributed by atoms with Crippen LogP contribution in [0.15, 0.2) is 23.1 Å². The summed E-state index contributed by atoms with van der Waals surface area (Å²) in [5, 5.41) is 5.22. The van der Waals surface area contributed by atoms with Gasteiger partial charge in [0.05, 0.1) is 5.02 Å². The summed E-state index contributed by atoms with van der Waals surface area (Å²) in [5.41, 5.74) is 0.106. The van der Waals surface area contributed by atoms with Crippen LogP contribution in [0.5, 0.6) is 0 Å². The van der Waals surface area contributed by atoms with E-state index in [1.54, 1.807) is 6.92 Å². The maximum atomic E-state index is 12.3. The van der Waals surface area contributed by atoms with Crippen molar-refractivity contribution >= 4 is 33.4 Å². The van der Waals surface area contributed by atoms with Crippen molar-refractivity contribution < 1.29 is 18.0 Å². The van der Waals surface area contributed by atoms with Crippen molar-refractivity contribution in [2.24, 2.45) is 0 Å². The second-order valence-corrected chi connectivity index (χ2v) is 7.95. The zero-order valence-electron chi connectivity index (χ0n) is 14.1. The predicted molar refractivity (Wildman–Crippen MR) is 92.6 cm³/mol. The summed E-state index contributed by atoms with van der Waals surface area (Å²) >= 11 is 5.94. The summed E-state index contributed by atoms with van der Waals surface area (Å²) in [6.07, 6.45) is 0.787. The Kier molecular flexibility index (Phi) is 7.19. The molecule has 0 fully saturated rings. The van der Waals surface area contributed by atoms with Gasteiger partial charge in [0.1, 0.15) is 10.9 Å². The lowest BCUT2D eigenvalue weighted by molar-refractivity contribution is -0.122. The molecule has 1 aromatic carbocycles. The highest BCUT2D eigenvalue weighted by atomic mass is 35.5. The molecule has 0 radical (unpaired) electrons. The third-order valence-corrected chi connectivity index (χ3v) is 5.54. The van der Waals surface area contributed by atoms with E-state index in [1.165, 1.54) is 32.3 Å². The van der Waals surface area contributed by atoms with Crippen LogP contribution in [0.4, 0.5) is 0 Å². The van der Waals surface area contributed by atoms with E-state index in [1.807, 2.05) is 6.92 Å². The van der Waals surface area contributed by atoms with E-state index >= 15 is 0 Å². The number of carbonyl (C=O) groups is 2. The molecule has 0 aliphatic carbocycles. The normalized spacial score (nSPS) is 12.8. The van der Waals surface area contributed by atoms with Gasteiger partial charge in [0, 0.05) is 26.2 Å². The van der Waals surface area contributed by atoms with Crippen molar-refractivity contribution in [3.05, 3.63) is 28.8 Å². The average Bonchev–Trinajstić information content (AvgIpc) is 2.52. The molecule has 0 aliphatic heterocycles. The summed E-state index contributed by atoms with van der Waals surface area (Å²) < 4.78 is 25.5. The second kappa shape index (κ2) is 8.46. The van der Waals surface area contributed by atoms with Crippen LogP contribution in [0.3, 0.4) is 0 Å². The zero-order chi connectivity index (χ0) is 18.5. The Labute approximate surface area is 147 Å². The van der Waals surface area contributed by atoms with Crippen LogP contribution < -0.4 is 10.6 Å². The van der Waals surface area contributed by atoms with Crippen molar-refractivity contribution in [2.75, 3.05) is 20.6 Å². The lowest BCUT2D eigenvalue weighted by Crippen LogP contribution is -2.45. The summed E-state index contributed by atoms with van der Waals surface area (Å²) in [6.45, 7) is 3.99. The molecule has 0 aromatic heterocycles. The van der Waals surface area contributed by atoms with Gasteiger partial charge in [-0.05, 0) is 31.5 Å². The predicted octanol–water partition coefficient (Wildman–Crippen LogP) is 1.23. The standard InChI is InChI=1S/C15H22ClN3O4S/c1-5-8-17-14(20)10(2)18-15(21)11-6-7-12(16)13(9-11)24(22,23)19(3)4/h6-7,9-10H,5,8H2,1-4H3,(H,17,20)(H,18,21)/t10-/m0/s1. The number of amides is 2. The number of carbonyl (C=O) groups excluding carboxylic acids is 2. The molecule has 0 saturated heterocycles. The van der Waals surface area contributed by atoms with Gasteiger partial charge in [-0.25, -0.2) is 12.7 Å². The van der Waals surface area contributed by atoms with Gasteiger partial charge in [-0.2, -0.15) is 0 Å². The first-order valence-corrected chi connectivity index (χ1v) is 9.23. The van der Waals surface area contributed by atoms with Gasteiger partial charge >= 0.3 is 0 Å². The van der Waals surface area contributed by atoms with Gasteiger partial charge < -0.3 is 10.6 Å². The van der Waals surface area contributed by atoms with Gasteiger partial charge in [-0.15, -0.1) is 0 Å². The van der Waals surface area contributed by atoms with Crippen molar-refractivity contribution in [2.45, 2.75) is 31.2 Å². The number of rotatable bonds is 7. The van der Waals surface area contributed by atoms with E-state index in [-0.39, 0.29) is 21.4 Å². The van der Waals surface area contributed by atoms with E-state index in [9.17, 15) is 18.0 Å². The summed E-state index contributed by atoms with van der Waals surface area (Å²) in [4.78, 5) is 23.9. The summed E-state index contributed by atoms with van der Waals surface area (Å²) in [7, 11) is -1.03. The van der Waals surface area contributed by atoms with E-state index in [4.69, 9.17) is 11.6 Å². The number of nitrogens with one attached hydrogen (secondary N) is 2. The molecule has 24 heavy (non-hydrogen) atoms. The highest BCUT2D eigenvalue weighted by Crippen LogP contribution is 2.24. The highest BCUT2D eigenvalue weighted by Gasteiger charge is 2.23. The lowest BCUT2D eigenvalue weighted by atomic mass is 10.2. The van der Waals surface area contributed by atoms with Gasteiger partial charge in [-0.1, -0.05) is 18.5 Å². The topological polar surface area (TPSA) is 95.6 Å². The monoisotopic (exact) mass is 375 g/mol. The van der Waals surface area contributed by atoms with Gasteiger partial charge in [0.25, 0.3) is 5.91 Å². The molecule has 9 heteroatoms. The highest BCUT2D eigenvalue weighted by molar-refractivity contribution is 7.89. The third-order valence-electron chi connectivity index (χ3n) is 3.24. The molecular weight excluding hydrogens is 354 g/mol. The van der Waals surface area contributed by atoms with Crippen LogP contribution in [-0.4, -0.2) is 51.2 Å². The Morgan fingerprint density at radius 1 is 1.29 bits per heavy atom. The van der Waals surface area contributed by atoms with Crippen molar-refractivity contribution in [1.29, 1.82) is 0 Å².